The van der Waals surface area contributed by atoms with Crippen LogP contribution in [0, 0.1) is 17.6 Å². The lowest BCUT2D eigenvalue weighted by atomic mass is 9.87. The predicted octanol–water partition coefficient (Wildman–Crippen LogP) is 4.57. The fraction of sp³-hybridized carbons (Fsp3) is 0.292. The fourth-order valence-electron chi connectivity index (χ4n) is 3.15. The molecule has 160 valence electrons. The Kier molecular flexibility index (Phi) is 8.45. The molecule has 6 heteroatoms. The molecule has 0 aromatic heterocycles. The number of benzene rings is 2. The summed E-state index contributed by atoms with van der Waals surface area (Å²) in [6.45, 7) is 3.91. The van der Waals surface area contributed by atoms with Gasteiger partial charge in [-0.1, -0.05) is 50.3 Å². The molecule has 2 atom stereocenters. The van der Waals surface area contributed by atoms with Crippen LogP contribution in [-0.2, 0) is 4.79 Å². The number of carboxylic acids is 1. The highest BCUT2D eigenvalue weighted by atomic mass is 19.1. The zero-order chi connectivity index (χ0) is 22.3. The molecule has 0 amide bonds. The van der Waals surface area contributed by atoms with E-state index in [4.69, 9.17) is 5.11 Å². The first-order valence-electron chi connectivity index (χ1n) is 9.69. The Balaban J connectivity index is 2.47. The van der Waals surface area contributed by atoms with E-state index in [1.165, 1.54) is 30.3 Å². The Bertz CT molecular complexity index is 852. The van der Waals surface area contributed by atoms with Crippen LogP contribution in [0.2, 0.25) is 0 Å². The summed E-state index contributed by atoms with van der Waals surface area (Å²) in [4.78, 5) is 10.7. The van der Waals surface area contributed by atoms with E-state index in [0.29, 0.717) is 0 Å². The molecule has 4 nitrogen and oxygen atoms in total. The van der Waals surface area contributed by atoms with Crippen molar-refractivity contribution in [2.24, 2.45) is 5.92 Å². The third-order valence-corrected chi connectivity index (χ3v) is 4.60. The van der Waals surface area contributed by atoms with Gasteiger partial charge in [0, 0.05) is 6.42 Å². The van der Waals surface area contributed by atoms with Crippen LogP contribution >= 0.6 is 0 Å². The number of aliphatic carboxylic acids is 1. The van der Waals surface area contributed by atoms with Crippen LogP contribution < -0.4 is 0 Å². The van der Waals surface area contributed by atoms with Crippen LogP contribution in [0.5, 0.6) is 0 Å². The SMILES string of the molecule is CC(C)C(/C=C/[C@@H](O)C[C@@H](O)CC(=O)O)=C(c1ccc(F)cc1)c1ccc(F)cc1. The van der Waals surface area contributed by atoms with Gasteiger partial charge in [0.15, 0.2) is 0 Å². The number of aliphatic hydroxyl groups is 2. The van der Waals surface area contributed by atoms with E-state index in [-0.39, 0.29) is 24.0 Å². The van der Waals surface area contributed by atoms with Gasteiger partial charge in [-0.25, -0.2) is 8.78 Å². The van der Waals surface area contributed by atoms with Crippen LogP contribution in [0.25, 0.3) is 5.57 Å². The highest BCUT2D eigenvalue weighted by Gasteiger charge is 2.16. The monoisotopic (exact) mass is 416 g/mol. The molecule has 0 aliphatic carbocycles. The Morgan fingerprint density at radius 2 is 1.40 bits per heavy atom. The van der Waals surface area contributed by atoms with E-state index in [9.17, 15) is 23.8 Å². The van der Waals surface area contributed by atoms with Crippen molar-refractivity contribution >= 4 is 11.5 Å². The first-order chi connectivity index (χ1) is 14.2. The highest BCUT2D eigenvalue weighted by molar-refractivity contribution is 5.83. The number of hydrogen-bond acceptors (Lipinski definition) is 3. The topological polar surface area (TPSA) is 77.8 Å². The average molecular weight is 416 g/mol. The van der Waals surface area contributed by atoms with Crippen molar-refractivity contribution < 1.29 is 28.9 Å². The molecule has 0 aliphatic heterocycles. The van der Waals surface area contributed by atoms with E-state index in [1.54, 1.807) is 30.3 Å². The van der Waals surface area contributed by atoms with E-state index >= 15 is 0 Å². The standard InChI is InChI=1S/C24H26F2O4/c1-15(2)22(12-11-20(27)13-21(28)14-23(29)30)24(16-3-7-18(25)8-4-16)17-5-9-19(26)10-6-17/h3-12,15,20-21,27-28H,13-14H2,1-2H3,(H,29,30)/b12-11+/t20-,21-/m1/s1. The lowest BCUT2D eigenvalue weighted by molar-refractivity contribution is -0.139. The number of carboxylic acid groups (broad SMARTS) is 1. The Morgan fingerprint density at radius 3 is 1.80 bits per heavy atom. The molecule has 2 aromatic rings. The van der Waals surface area contributed by atoms with Crippen molar-refractivity contribution in [3.05, 3.63) is 89.0 Å². The van der Waals surface area contributed by atoms with Gasteiger partial charge < -0.3 is 15.3 Å². The van der Waals surface area contributed by atoms with E-state index < -0.39 is 24.6 Å². The van der Waals surface area contributed by atoms with Crippen LogP contribution in [0.3, 0.4) is 0 Å². The normalized spacial score (nSPS) is 13.4. The maximum absolute atomic E-state index is 13.5. The molecule has 0 aliphatic rings. The summed E-state index contributed by atoms with van der Waals surface area (Å²) in [6.07, 6.45) is 0.432. The van der Waals surface area contributed by atoms with Crippen molar-refractivity contribution in [2.75, 3.05) is 0 Å². The minimum Gasteiger partial charge on any atom is -0.481 e. The van der Waals surface area contributed by atoms with Gasteiger partial charge in [-0.2, -0.15) is 0 Å². The van der Waals surface area contributed by atoms with Gasteiger partial charge in [0.05, 0.1) is 18.6 Å². The average Bonchev–Trinajstić information content (AvgIpc) is 2.66. The quantitative estimate of drug-likeness (QED) is 0.524. The molecule has 0 spiro atoms. The molecule has 0 radical (unpaired) electrons. The molecular formula is C24H26F2O4. The van der Waals surface area contributed by atoms with Gasteiger partial charge >= 0.3 is 5.97 Å². The number of hydrogen-bond donors (Lipinski definition) is 3. The molecule has 2 aromatic carbocycles. The van der Waals surface area contributed by atoms with Crippen molar-refractivity contribution in [1.29, 1.82) is 0 Å². The fourth-order valence-corrected chi connectivity index (χ4v) is 3.15. The highest BCUT2D eigenvalue weighted by Crippen LogP contribution is 2.32. The maximum Gasteiger partial charge on any atom is 0.305 e. The molecule has 0 bridgehead atoms. The van der Waals surface area contributed by atoms with Gasteiger partial charge in [-0.3, -0.25) is 4.79 Å². The van der Waals surface area contributed by atoms with Gasteiger partial charge in [0.25, 0.3) is 0 Å². The zero-order valence-electron chi connectivity index (χ0n) is 16.9. The summed E-state index contributed by atoms with van der Waals surface area (Å²) in [5.74, 6) is -1.89. The van der Waals surface area contributed by atoms with E-state index in [0.717, 1.165) is 22.3 Å². The lowest BCUT2D eigenvalue weighted by Gasteiger charge is -2.18. The van der Waals surface area contributed by atoms with Gasteiger partial charge in [0.1, 0.15) is 11.6 Å². The Hall–Kier alpha value is -2.83. The molecule has 0 heterocycles. The van der Waals surface area contributed by atoms with Crippen LogP contribution in [-0.4, -0.2) is 33.5 Å². The van der Waals surface area contributed by atoms with Crippen molar-refractivity contribution in [2.45, 2.75) is 38.9 Å². The van der Waals surface area contributed by atoms with E-state index in [1.807, 2.05) is 13.8 Å². The second-order valence-electron chi connectivity index (χ2n) is 7.41. The van der Waals surface area contributed by atoms with Crippen LogP contribution in [0.4, 0.5) is 8.78 Å². The second kappa shape index (κ2) is 10.8. The Labute approximate surface area is 174 Å². The first-order valence-corrected chi connectivity index (χ1v) is 9.69. The van der Waals surface area contributed by atoms with Crippen molar-refractivity contribution in [3.63, 3.8) is 0 Å². The molecule has 0 saturated heterocycles. The lowest BCUT2D eigenvalue weighted by Crippen LogP contribution is -2.19. The van der Waals surface area contributed by atoms with Crippen LogP contribution in [0.15, 0.2) is 66.3 Å². The molecule has 0 fully saturated rings. The number of aliphatic hydroxyl groups excluding tert-OH is 2. The smallest absolute Gasteiger partial charge is 0.305 e. The van der Waals surface area contributed by atoms with Gasteiger partial charge in [-0.15, -0.1) is 0 Å². The maximum atomic E-state index is 13.5. The van der Waals surface area contributed by atoms with Crippen molar-refractivity contribution in [3.8, 4) is 0 Å². The van der Waals surface area contributed by atoms with Crippen LogP contribution in [0.1, 0.15) is 37.8 Å². The summed E-state index contributed by atoms with van der Waals surface area (Å²) in [7, 11) is 0. The number of allylic oxidation sites excluding steroid dienone is 2. The third kappa shape index (κ3) is 6.90. The first kappa shape index (κ1) is 23.4. The minimum atomic E-state index is -1.16. The summed E-state index contributed by atoms with van der Waals surface area (Å²) in [5, 5.41) is 28.7. The molecule has 3 N–H and O–H groups in total. The summed E-state index contributed by atoms with van der Waals surface area (Å²) >= 11 is 0. The number of rotatable bonds is 9. The zero-order valence-corrected chi connectivity index (χ0v) is 16.9. The van der Waals surface area contributed by atoms with Gasteiger partial charge in [-0.05, 0) is 52.5 Å². The van der Waals surface area contributed by atoms with Crippen molar-refractivity contribution in [1.82, 2.24) is 0 Å². The molecule has 30 heavy (non-hydrogen) atoms. The molecular weight excluding hydrogens is 390 g/mol. The number of halogens is 2. The predicted molar refractivity (Wildman–Crippen MR) is 112 cm³/mol. The third-order valence-electron chi connectivity index (χ3n) is 4.60. The molecule has 2 rings (SSSR count). The summed E-state index contributed by atoms with van der Waals surface area (Å²) in [5.41, 5.74) is 3.05. The summed E-state index contributed by atoms with van der Waals surface area (Å²) in [6, 6.07) is 11.9. The van der Waals surface area contributed by atoms with Gasteiger partial charge in [0.2, 0.25) is 0 Å². The molecule has 0 unspecified atom stereocenters. The van der Waals surface area contributed by atoms with E-state index in [2.05, 4.69) is 0 Å². The Morgan fingerprint density at radius 1 is 0.933 bits per heavy atom. The second-order valence-corrected chi connectivity index (χ2v) is 7.41. The summed E-state index contributed by atoms with van der Waals surface area (Å²) < 4.78 is 26.9. The number of carbonyl (C=O) groups is 1. The largest absolute Gasteiger partial charge is 0.481 e. The molecule has 0 saturated carbocycles. The minimum absolute atomic E-state index is 0.00231.